The summed E-state index contributed by atoms with van der Waals surface area (Å²) in [4.78, 5) is 0. The van der Waals surface area contributed by atoms with Crippen LogP contribution in [-0.2, 0) is 0 Å². The molecule has 0 aliphatic heterocycles. The summed E-state index contributed by atoms with van der Waals surface area (Å²) in [6.07, 6.45) is 0.745. The predicted molar refractivity (Wildman–Crippen MR) is 70.3 cm³/mol. The topological polar surface area (TPSA) is 41.5 Å². The fourth-order valence-electron chi connectivity index (χ4n) is 1.51. The van der Waals surface area contributed by atoms with E-state index in [0.29, 0.717) is 6.54 Å². The molecule has 17 heavy (non-hydrogen) atoms. The van der Waals surface area contributed by atoms with Crippen LogP contribution in [-0.4, -0.2) is 24.4 Å². The first kappa shape index (κ1) is 14.0. The van der Waals surface area contributed by atoms with Crippen molar-refractivity contribution in [3.63, 3.8) is 0 Å². The molecule has 0 aromatic heterocycles. The van der Waals surface area contributed by atoms with Crippen LogP contribution in [0.15, 0.2) is 24.3 Å². The summed E-state index contributed by atoms with van der Waals surface area (Å²) in [7, 11) is 1.66. The average Bonchev–Trinajstić information content (AvgIpc) is 2.36. The largest absolute Gasteiger partial charge is 0.497 e. The highest BCUT2D eigenvalue weighted by Crippen LogP contribution is 2.18. The molecule has 0 bridgehead atoms. The Labute approximate surface area is 104 Å². The molecule has 1 aromatic rings. The maximum Gasteiger partial charge on any atom is 0.118 e. The summed E-state index contributed by atoms with van der Waals surface area (Å²) in [6, 6.07) is 8.20. The molecule has 2 atom stereocenters. The van der Waals surface area contributed by atoms with Crippen LogP contribution >= 0.6 is 0 Å². The lowest BCUT2D eigenvalue weighted by Gasteiger charge is -2.24. The van der Waals surface area contributed by atoms with E-state index in [2.05, 4.69) is 12.2 Å². The van der Waals surface area contributed by atoms with Crippen molar-refractivity contribution < 1.29 is 9.84 Å². The Morgan fingerprint density at radius 3 is 2.41 bits per heavy atom. The molecule has 96 valence electrons. The number of ether oxygens (including phenoxy) is 1. The number of benzene rings is 1. The lowest BCUT2D eigenvalue weighted by Crippen LogP contribution is -2.38. The van der Waals surface area contributed by atoms with Crippen molar-refractivity contribution in [1.29, 1.82) is 0 Å². The molecule has 0 spiro atoms. The van der Waals surface area contributed by atoms with Gasteiger partial charge < -0.3 is 15.2 Å². The number of aliphatic hydroxyl groups is 1. The third-order valence-corrected chi connectivity index (χ3v) is 3.17. The zero-order chi connectivity index (χ0) is 12.9. The van der Waals surface area contributed by atoms with Gasteiger partial charge in [-0.15, -0.1) is 0 Å². The van der Waals surface area contributed by atoms with E-state index in [-0.39, 0.29) is 6.04 Å². The summed E-state index contributed by atoms with van der Waals surface area (Å²) in [5.41, 5.74) is 0.554. The number of methoxy groups -OCH3 is 1. The molecule has 3 nitrogen and oxygen atoms in total. The van der Waals surface area contributed by atoms with Crippen molar-refractivity contribution in [2.45, 2.75) is 38.8 Å². The van der Waals surface area contributed by atoms with Gasteiger partial charge in [-0.1, -0.05) is 19.1 Å². The van der Waals surface area contributed by atoms with Crippen LogP contribution in [0.25, 0.3) is 0 Å². The molecule has 0 saturated heterocycles. The van der Waals surface area contributed by atoms with E-state index in [1.807, 2.05) is 38.1 Å². The molecular formula is C14H23NO2. The molecule has 0 aliphatic carbocycles. The first-order chi connectivity index (χ1) is 7.98. The van der Waals surface area contributed by atoms with Crippen molar-refractivity contribution in [2.75, 3.05) is 13.7 Å². The van der Waals surface area contributed by atoms with Gasteiger partial charge in [0, 0.05) is 12.6 Å². The van der Waals surface area contributed by atoms with Crippen LogP contribution in [0.3, 0.4) is 0 Å². The molecule has 1 rings (SSSR count). The molecule has 3 heteroatoms. The fraction of sp³-hybridized carbons (Fsp3) is 0.571. The molecule has 0 radical (unpaired) electrons. The third kappa shape index (κ3) is 4.36. The van der Waals surface area contributed by atoms with E-state index in [1.165, 1.54) is 5.56 Å². The van der Waals surface area contributed by atoms with Crippen molar-refractivity contribution in [3.05, 3.63) is 29.8 Å². The first-order valence-electron chi connectivity index (χ1n) is 6.08. The van der Waals surface area contributed by atoms with Gasteiger partial charge >= 0.3 is 0 Å². The van der Waals surface area contributed by atoms with Crippen LogP contribution in [0.2, 0.25) is 0 Å². The Kier molecular flexibility index (Phi) is 4.97. The van der Waals surface area contributed by atoms with Gasteiger partial charge in [0.2, 0.25) is 0 Å². The smallest absolute Gasteiger partial charge is 0.118 e. The zero-order valence-corrected chi connectivity index (χ0v) is 11.2. The molecular weight excluding hydrogens is 214 g/mol. The molecule has 1 aromatic carbocycles. The fourth-order valence-corrected chi connectivity index (χ4v) is 1.51. The lowest BCUT2D eigenvalue weighted by atomic mass is 10.0. The molecule has 2 N–H and O–H groups in total. The van der Waals surface area contributed by atoms with Crippen LogP contribution in [0.1, 0.15) is 38.8 Å². The second-order valence-corrected chi connectivity index (χ2v) is 4.73. The van der Waals surface area contributed by atoms with E-state index in [4.69, 9.17) is 4.74 Å². The molecule has 0 saturated carbocycles. The number of nitrogens with one attached hydrogen (secondary N) is 1. The SMILES string of the molecule is CCC(C)(O)CN[C@H](C)c1ccc(OC)cc1. The van der Waals surface area contributed by atoms with Gasteiger partial charge in [0.15, 0.2) is 0 Å². The van der Waals surface area contributed by atoms with Crippen LogP contribution < -0.4 is 10.1 Å². The number of rotatable bonds is 6. The highest BCUT2D eigenvalue weighted by Gasteiger charge is 2.18. The van der Waals surface area contributed by atoms with Crippen molar-refractivity contribution in [3.8, 4) is 5.75 Å². The number of hydrogen-bond donors (Lipinski definition) is 2. The lowest BCUT2D eigenvalue weighted by molar-refractivity contribution is 0.0533. The molecule has 0 aliphatic rings. The highest BCUT2D eigenvalue weighted by molar-refractivity contribution is 5.28. The van der Waals surface area contributed by atoms with Crippen molar-refractivity contribution >= 4 is 0 Å². The Morgan fingerprint density at radius 1 is 1.35 bits per heavy atom. The Hall–Kier alpha value is -1.06. The maximum atomic E-state index is 9.92. The van der Waals surface area contributed by atoms with Crippen LogP contribution in [0.4, 0.5) is 0 Å². The Bertz CT molecular complexity index is 333. The van der Waals surface area contributed by atoms with Gasteiger partial charge in [0.25, 0.3) is 0 Å². The molecule has 0 amide bonds. The minimum Gasteiger partial charge on any atom is -0.497 e. The quantitative estimate of drug-likeness (QED) is 0.798. The van der Waals surface area contributed by atoms with Gasteiger partial charge in [0.05, 0.1) is 12.7 Å². The van der Waals surface area contributed by atoms with Gasteiger partial charge in [-0.2, -0.15) is 0 Å². The molecule has 1 unspecified atom stereocenters. The minimum atomic E-state index is -0.638. The summed E-state index contributed by atoms with van der Waals surface area (Å²) >= 11 is 0. The first-order valence-corrected chi connectivity index (χ1v) is 6.08. The predicted octanol–water partition coefficient (Wildman–Crippen LogP) is 2.51. The van der Waals surface area contributed by atoms with E-state index >= 15 is 0 Å². The van der Waals surface area contributed by atoms with Gasteiger partial charge in [-0.3, -0.25) is 0 Å². The Balaban J connectivity index is 2.54. The minimum absolute atomic E-state index is 0.221. The van der Waals surface area contributed by atoms with Crippen molar-refractivity contribution in [2.24, 2.45) is 0 Å². The maximum absolute atomic E-state index is 9.92. The summed E-state index contributed by atoms with van der Waals surface area (Å²) < 4.78 is 5.12. The second-order valence-electron chi connectivity index (χ2n) is 4.73. The zero-order valence-electron chi connectivity index (χ0n) is 11.2. The van der Waals surface area contributed by atoms with Crippen molar-refractivity contribution in [1.82, 2.24) is 5.32 Å². The average molecular weight is 237 g/mol. The van der Waals surface area contributed by atoms with Gasteiger partial charge in [-0.25, -0.2) is 0 Å². The van der Waals surface area contributed by atoms with E-state index < -0.39 is 5.60 Å². The number of hydrogen-bond acceptors (Lipinski definition) is 3. The van der Waals surface area contributed by atoms with E-state index in [1.54, 1.807) is 7.11 Å². The summed E-state index contributed by atoms with van der Waals surface area (Å²) in [5.74, 6) is 0.863. The van der Waals surface area contributed by atoms with Crippen LogP contribution in [0.5, 0.6) is 5.75 Å². The van der Waals surface area contributed by atoms with E-state index in [0.717, 1.165) is 12.2 Å². The highest BCUT2D eigenvalue weighted by atomic mass is 16.5. The van der Waals surface area contributed by atoms with Gasteiger partial charge in [0.1, 0.15) is 5.75 Å². The third-order valence-electron chi connectivity index (χ3n) is 3.17. The van der Waals surface area contributed by atoms with Gasteiger partial charge in [-0.05, 0) is 38.0 Å². The standard InChI is InChI=1S/C14H23NO2/c1-5-14(3,16)10-15-11(2)12-6-8-13(17-4)9-7-12/h6-9,11,15-16H,5,10H2,1-4H3/t11-,14?/m1/s1. The van der Waals surface area contributed by atoms with E-state index in [9.17, 15) is 5.11 Å². The second kappa shape index (κ2) is 6.03. The Morgan fingerprint density at radius 2 is 1.94 bits per heavy atom. The monoisotopic (exact) mass is 237 g/mol. The summed E-state index contributed by atoms with van der Waals surface area (Å²) in [6.45, 7) is 6.52. The normalized spacial score (nSPS) is 16.3. The molecule has 0 fully saturated rings. The molecule has 0 heterocycles. The summed E-state index contributed by atoms with van der Waals surface area (Å²) in [5, 5.41) is 13.3. The van der Waals surface area contributed by atoms with Crippen LogP contribution in [0, 0.1) is 0 Å².